The highest BCUT2D eigenvalue weighted by atomic mass is 32.1. The molecule has 1 aromatic carbocycles. The molecule has 0 fully saturated rings. The Balaban J connectivity index is 1.45. The van der Waals surface area contributed by atoms with Crippen molar-refractivity contribution >= 4 is 22.4 Å². The van der Waals surface area contributed by atoms with E-state index in [0.29, 0.717) is 10.7 Å². The molecule has 1 N–H and O–H groups in total. The number of nitrogens with one attached hydrogen (secondary N) is 1. The van der Waals surface area contributed by atoms with Gasteiger partial charge in [0.1, 0.15) is 6.54 Å². The predicted molar refractivity (Wildman–Crippen MR) is 103 cm³/mol. The number of amides is 1. The van der Waals surface area contributed by atoms with E-state index in [1.54, 1.807) is 12.1 Å². The molecule has 0 saturated carbocycles. The first-order chi connectivity index (χ1) is 13.2. The molecule has 0 saturated heterocycles. The molecule has 8 heteroatoms. The van der Waals surface area contributed by atoms with Gasteiger partial charge in [-0.25, -0.2) is 9.78 Å². The third-order valence-electron chi connectivity index (χ3n) is 4.51. The zero-order valence-electron chi connectivity index (χ0n) is 14.8. The smallest absolute Gasteiger partial charge is 0.388 e. The third kappa shape index (κ3) is 4.16. The van der Waals surface area contributed by atoms with Crippen molar-refractivity contribution in [2.45, 2.75) is 45.1 Å². The standard InChI is InChI=1S/C19H20N4O3S/c24-16(21-18-20-14-10-6-1-2-7-11-15(14)27-18)12-23-19(25)26-17(22-23)13-8-4-3-5-9-13/h3-5,8-9H,1-2,6-7,10-12H2,(H,20,21,24). The number of hydrogen-bond donors (Lipinski definition) is 1. The quantitative estimate of drug-likeness (QED) is 0.746. The van der Waals surface area contributed by atoms with E-state index in [2.05, 4.69) is 15.4 Å². The van der Waals surface area contributed by atoms with E-state index in [1.807, 2.05) is 18.2 Å². The van der Waals surface area contributed by atoms with Gasteiger partial charge in [0.05, 0.1) is 5.69 Å². The molecule has 1 aliphatic rings. The minimum absolute atomic E-state index is 0.200. The number of anilines is 1. The molecule has 0 atom stereocenters. The molecular weight excluding hydrogens is 364 g/mol. The second-order valence-electron chi connectivity index (χ2n) is 6.55. The van der Waals surface area contributed by atoms with Crippen LogP contribution in [0.3, 0.4) is 0 Å². The molecule has 2 aromatic heterocycles. The Hall–Kier alpha value is -2.74. The fourth-order valence-electron chi connectivity index (χ4n) is 3.16. The third-order valence-corrected chi connectivity index (χ3v) is 5.59. The van der Waals surface area contributed by atoms with Crippen molar-refractivity contribution in [2.24, 2.45) is 0 Å². The zero-order valence-corrected chi connectivity index (χ0v) is 15.6. The number of carbonyl (C=O) groups excluding carboxylic acids is 1. The van der Waals surface area contributed by atoms with Gasteiger partial charge in [-0.3, -0.25) is 4.79 Å². The summed E-state index contributed by atoms with van der Waals surface area (Å²) in [6, 6.07) is 9.11. The summed E-state index contributed by atoms with van der Waals surface area (Å²) in [5, 5.41) is 7.49. The van der Waals surface area contributed by atoms with Crippen molar-refractivity contribution in [2.75, 3.05) is 5.32 Å². The van der Waals surface area contributed by atoms with Gasteiger partial charge >= 0.3 is 5.76 Å². The summed E-state index contributed by atoms with van der Waals surface area (Å²) in [5.41, 5.74) is 1.79. The van der Waals surface area contributed by atoms with Gasteiger partial charge in [0.15, 0.2) is 5.13 Å². The summed E-state index contributed by atoms with van der Waals surface area (Å²) in [7, 11) is 0. The van der Waals surface area contributed by atoms with Crippen LogP contribution in [0.1, 0.15) is 36.3 Å². The van der Waals surface area contributed by atoms with Gasteiger partial charge in [-0.1, -0.05) is 31.0 Å². The Labute approximate surface area is 160 Å². The summed E-state index contributed by atoms with van der Waals surface area (Å²) >= 11 is 1.53. The number of nitrogens with zero attached hydrogens (tertiary/aromatic N) is 3. The van der Waals surface area contributed by atoms with Crippen LogP contribution in [0.2, 0.25) is 0 Å². The zero-order chi connectivity index (χ0) is 18.6. The summed E-state index contributed by atoms with van der Waals surface area (Å²) in [6.07, 6.45) is 6.77. The molecule has 1 aliphatic carbocycles. The number of aryl methyl sites for hydroxylation is 2. The number of rotatable bonds is 4. The predicted octanol–water partition coefficient (Wildman–Crippen LogP) is 3.26. The van der Waals surface area contributed by atoms with Crippen LogP contribution < -0.4 is 11.1 Å². The van der Waals surface area contributed by atoms with Crippen LogP contribution in [-0.4, -0.2) is 20.7 Å². The molecule has 7 nitrogen and oxygen atoms in total. The number of hydrogen-bond acceptors (Lipinski definition) is 6. The van der Waals surface area contributed by atoms with E-state index < -0.39 is 5.76 Å². The maximum atomic E-state index is 12.3. The molecule has 0 unspecified atom stereocenters. The molecule has 1 amide bonds. The summed E-state index contributed by atoms with van der Waals surface area (Å²) < 4.78 is 6.18. The normalized spacial score (nSPS) is 14.2. The summed E-state index contributed by atoms with van der Waals surface area (Å²) in [5.74, 6) is -0.798. The molecule has 0 aliphatic heterocycles. The van der Waals surface area contributed by atoms with E-state index in [-0.39, 0.29) is 18.3 Å². The largest absolute Gasteiger partial charge is 0.437 e. The van der Waals surface area contributed by atoms with Crippen LogP contribution in [0.15, 0.2) is 39.5 Å². The monoisotopic (exact) mass is 384 g/mol. The molecule has 3 aromatic rings. The first-order valence-electron chi connectivity index (χ1n) is 9.11. The number of carbonyl (C=O) groups is 1. The van der Waals surface area contributed by atoms with Gasteiger partial charge in [0.25, 0.3) is 0 Å². The first-order valence-corrected chi connectivity index (χ1v) is 9.92. The fourth-order valence-corrected chi connectivity index (χ4v) is 4.22. The van der Waals surface area contributed by atoms with Crippen LogP contribution >= 0.6 is 11.3 Å². The molecule has 2 heterocycles. The van der Waals surface area contributed by atoms with Gasteiger partial charge in [-0.2, -0.15) is 4.68 Å². The van der Waals surface area contributed by atoms with Gasteiger partial charge in [-0.05, 0) is 37.8 Å². The second-order valence-corrected chi connectivity index (χ2v) is 7.63. The molecule has 0 spiro atoms. The number of thiazole rings is 1. The second kappa shape index (κ2) is 7.87. The average Bonchev–Trinajstić information content (AvgIpc) is 3.19. The van der Waals surface area contributed by atoms with Crippen molar-refractivity contribution < 1.29 is 9.21 Å². The van der Waals surface area contributed by atoms with Gasteiger partial charge in [0, 0.05) is 10.4 Å². The Kier molecular flexibility index (Phi) is 5.15. The van der Waals surface area contributed by atoms with E-state index >= 15 is 0 Å². The van der Waals surface area contributed by atoms with Crippen LogP contribution in [0.5, 0.6) is 0 Å². The minimum Gasteiger partial charge on any atom is -0.388 e. The lowest BCUT2D eigenvalue weighted by molar-refractivity contribution is -0.117. The minimum atomic E-state index is -0.657. The summed E-state index contributed by atoms with van der Waals surface area (Å²) in [4.78, 5) is 30.1. The SMILES string of the molecule is O=C(Cn1nc(-c2ccccc2)oc1=O)Nc1nc2c(s1)CCCCCC2. The van der Waals surface area contributed by atoms with E-state index in [1.165, 1.54) is 35.5 Å². The highest BCUT2D eigenvalue weighted by Crippen LogP contribution is 2.28. The van der Waals surface area contributed by atoms with Crippen LogP contribution in [0.25, 0.3) is 11.5 Å². The fraction of sp³-hybridized carbons (Fsp3) is 0.368. The number of fused-ring (bicyclic) bond motifs is 1. The maximum absolute atomic E-state index is 12.3. The molecule has 0 radical (unpaired) electrons. The Morgan fingerprint density at radius 2 is 1.93 bits per heavy atom. The highest BCUT2D eigenvalue weighted by Gasteiger charge is 2.17. The Morgan fingerprint density at radius 1 is 1.15 bits per heavy atom. The van der Waals surface area contributed by atoms with Crippen molar-refractivity contribution in [3.05, 3.63) is 51.5 Å². The van der Waals surface area contributed by atoms with Gasteiger partial charge < -0.3 is 9.73 Å². The van der Waals surface area contributed by atoms with Gasteiger partial charge in [-0.15, -0.1) is 16.4 Å². The number of benzene rings is 1. The maximum Gasteiger partial charge on any atom is 0.437 e. The van der Waals surface area contributed by atoms with Crippen LogP contribution in [0.4, 0.5) is 5.13 Å². The Bertz CT molecular complexity index is 965. The lowest BCUT2D eigenvalue weighted by Gasteiger charge is -2.06. The van der Waals surface area contributed by atoms with Crippen molar-refractivity contribution in [1.29, 1.82) is 0 Å². The molecular formula is C19H20N4O3S. The van der Waals surface area contributed by atoms with Crippen molar-refractivity contribution in [3.8, 4) is 11.5 Å². The van der Waals surface area contributed by atoms with Crippen LogP contribution in [-0.2, 0) is 24.2 Å². The number of aromatic nitrogens is 3. The van der Waals surface area contributed by atoms with E-state index in [0.717, 1.165) is 29.6 Å². The highest BCUT2D eigenvalue weighted by molar-refractivity contribution is 7.15. The van der Waals surface area contributed by atoms with Crippen molar-refractivity contribution in [3.63, 3.8) is 0 Å². The van der Waals surface area contributed by atoms with E-state index in [9.17, 15) is 9.59 Å². The Morgan fingerprint density at radius 3 is 2.74 bits per heavy atom. The van der Waals surface area contributed by atoms with Crippen LogP contribution in [0, 0.1) is 0 Å². The topological polar surface area (TPSA) is 90.0 Å². The molecule has 27 heavy (non-hydrogen) atoms. The molecule has 0 bridgehead atoms. The molecule has 140 valence electrons. The summed E-state index contributed by atoms with van der Waals surface area (Å²) in [6.45, 7) is -0.209. The molecule has 4 rings (SSSR count). The van der Waals surface area contributed by atoms with Gasteiger partial charge in [0.2, 0.25) is 11.8 Å². The van der Waals surface area contributed by atoms with E-state index in [4.69, 9.17) is 4.42 Å². The van der Waals surface area contributed by atoms with Crippen molar-refractivity contribution in [1.82, 2.24) is 14.8 Å². The lowest BCUT2D eigenvalue weighted by Crippen LogP contribution is -2.25. The first kappa shape index (κ1) is 17.7. The average molecular weight is 384 g/mol. The lowest BCUT2D eigenvalue weighted by atomic mass is 10.0.